The van der Waals surface area contributed by atoms with Gasteiger partial charge in [-0.3, -0.25) is 19.3 Å². The highest BCUT2D eigenvalue weighted by molar-refractivity contribution is 7.12. The molecule has 1 saturated heterocycles. The predicted octanol–water partition coefficient (Wildman–Crippen LogP) is 2.24. The first-order valence-corrected chi connectivity index (χ1v) is 10.5. The number of benzene rings is 1. The highest BCUT2D eigenvalue weighted by Gasteiger charge is 2.22. The fourth-order valence-electron chi connectivity index (χ4n) is 3.14. The van der Waals surface area contributed by atoms with E-state index in [1.54, 1.807) is 49.3 Å². The van der Waals surface area contributed by atoms with E-state index < -0.39 is 0 Å². The van der Waals surface area contributed by atoms with E-state index >= 15 is 0 Å². The number of nitrogens with one attached hydrogen (secondary N) is 1. The molecule has 1 aromatic heterocycles. The first kappa shape index (κ1) is 21.0. The maximum atomic E-state index is 12.9. The Bertz CT molecular complexity index is 849. The summed E-state index contributed by atoms with van der Waals surface area (Å²) < 4.78 is 0. The summed E-state index contributed by atoms with van der Waals surface area (Å²) in [5.74, 6) is -0.106. The molecule has 0 spiro atoms. The lowest BCUT2D eigenvalue weighted by Crippen LogP contribution is -2.39. The molecule has 3 amide bonds. The van der Waals surface area contributed by atoms with Gasteiger partial charge in [0, 0.05) is 51.5 Å². The molecule has 1 fully saturated rings. The summed E-state index contributed by atoms with van der Waals surface area (Å²) in [5, 5.41) is 4.69. The number of carbonyl (C=O) groups is 3. The molecule has 1 aliphatic rings. The molecular formula is C21H26N4O3S. The summed E-state index contributed by atoms with van der Waals surface area (Å²) in [4.78, 5) is 43.1. The Labute approximate surface area is 174 Å². The zero-order valence-corrected chi connectivity index (χ0v) is 17.6. The SMILES string of the molecule is CN(C)C(=O)CN1CCCN(C(=O)c2ccc(NC(=O)c3cccs3)cc2)CC1. The van der Waals surface area contributed by atoms with Crippen LogP contribution in [-0.2, 0) is 4.79 Å². The molecule has 0 bridgehead atoms. The first-order valence-electron chi connectivity index (χ1n) is 9.61. The molecule has 0 radical (unpaired) electrons. The molecule has 2 heterocycles. The van der Waals surface area contributed by atoms with Gasteiger partial charge in [0.2, 0.25) is 5.91 Å². The van der Waals surface area contributed by atoms with Crippen LogP contribution in [0.3, 0.4) is 0 Å². The lowest BCUT2D eigenvalue weighted by Gasteiger charge is -2.23. The number of rotatable bonds is 5. The molecular weight excluding hydrogens is 388 g/mol. The predicted molar refractivity (Wildman–Crippen MR) is 114 cm³/mol. The molecule has 0 aliphatic carbocycles. The van der Waals surface area contributed by atoms with Gasteiger partial charge in [-0.15, -0.1) is 11.3 Å². The molecule has 154 valence electrons. The summed E-state index contributed by atoms with van der Waals surface area (Å²) in [6, 6.07) is 10.6. The largest absolute Gasteiger partial charge is 0.348 e. The molecule has 0 unspecified atom stereocenters. The molecule has 29 heavy (non-hydrogen) atoms. The molecule has 0 atom stereocenters. The molecule has 8 heteroatoms. The number of likely N-dealkylation sites (N-methyl/N-ethyl adjacent to an activating group) is 1. The maximum Gasteiger partial charge on any atom is 0.265 e. The van der Waals surface area contributed by atoms with Crippen molar-refractivity contribution < 1.29 is 14.4 Å². The molecule has 3 rings (SSSR count). The Hall–Kier alpha value is -2.71. The van der Waals surface area contributed by atoms with Crippen LogP contribution in [0.4, 0.5) is 5.69 Å². The number of thiophene rings is 1. The summed E-state index contributed by atoms with van der Waals surface area (Å²) >= 11 is 1.38. The average molecular weight is 415 g/mol. The van der Waals surface area contributed by atoms with Crippen LogP contribution in [-0.4, -0.2) is 79.2 Å². The van der Waals surface area contributed by atoms with Gasteiger partial charge in [-0.05, 0) is 42.1 Å². The van der Waals surface area contributed by atoms with Crippen LogP contribution in [0.5, 0.6) is 0 Å². The first-order chi connectivity index (χ1) is 13.9. The van der Waals surface area contributed by atoms with Crippen LogP contribution < -0.4 is 5.32 Å². The molecule has 0 saturated carbocycles. The van der Waals surface area contributed by atoms with E-state index in [0.717, 1.165) is 13.0 Å². The highest BCUT2D eigenvalue weighted by Crippen LogP contribution is 2.16. The summed E-state index contributed by atoms with van der Waals surface area (Å²) in [6.07, 6.45) is 0.835. The number of hydrogen-bond donors (Lipinski definition) is 1. The zero-order valence-electron chi connectivity index (χ0n) is 16.8. The van der Waals surface area contributed by atoms with Gasteiger partial charge in [-0.2, -0.15) is 0 Å². The zero-order chi connectivity index (χ0) is 20.8. The fourth-order valence-corrected chi connectivity index (χ4v) is 3.76. The van der Waals surface area contributed by atoms with Gasteiger partial charge in [0.25, 0.3) is 11.8 Å². The fraction of sp³-hybridized carbons (Fsp3) is 0.381. The summed E-state index contributed by atoms with van der Waals surface area (Å²) in [5.41, 5.74) is 1.25. The second-order valence-corrected chi connectivity index (χ2v) is 8.17. The van der Waals surface area contributed by atoms with Crippen molar-refractivity contribution in [2.75, 3.05) is 52.1 Å². The third kappa shape index (κ3) is 5.65. The number of carbonyl (C=O) groups excluding carboxylic acids is 3. The van der Waals surface area contributed by atoms with Crippen molar-refractivity contribution in [2.24, 2.45) is 0 Å². The van der Waals surface area contributed by atoms with E-state index in [4.69, 9.17) is 0 Å². The number of amides is 3. The van der Waals surface area contributed by atoms with Crippen molar-refractivity contribution in [1.82, 2.24) is 14.7 Å². The standard InChI is InChI=1S/C21H26N4O3S/c1-23(2)19(26)15-24-10-4-11-25(13-12-24)21(28)16-6-8-17(9-7-16)22-20(27)18-5-3-14-29-18/h3,5-9,14H,4,10-13,15H2,1-2H3,(H,22,27). The van der Waals surface area contributed by atoms with Gasteiger partial charge in [0.15, 0.2) is 0 Å². The minimum atomic E-state index is -0.154. The number of hydrogen-bond acceptors (Lipinski definition) is 5. The van der Waals surface area contributed by atoms with E-state index in [0.29, 0.717) is 42.3 Å². The number of anilines is 1. The van der Waals surface area contributed by atoms with Crippen LogP contribution in [0.25, 0.3) is 0 Å². The summed E-state index contributed by atoms with van der Waals surface area (Å²) in [7, 11) is 3.50. The van der Waals surface area contributed by atoms with E-state index in [9.17, 15) is 14.4 Å². The third-order valence-corrected chi connectivity index (χ3v) is 5.74. The van der Waals surface area contributed by atoms with Crippen LogP contribution in [0, 0.1) is 0 Å². The van der Waals surface area contributed by atoms with Gasteiger partial charge in [0.05, 0.1) is 11.4 Å². The Kier molecular flexibility index (Phi) is 7.00. The third-order valence-electron chi connectivity index (χ3n) is 4.87. The molecule has 1 aromatic carbocycles. The molecule has 7 nitrogen and oxygen atoms in total. The average Bonchev–Trinajstić information content (AvgIpc) is 3.15. The van der Waals surface area contributed by atoms with Gasteiger partial charge >= 0.3 is 0 Å². The molecule has 1 N–H and O–H groups in total. The Morgan fingerprint density at radius 3 is 2.45 bits per heavy atom. The topological polar surface area (TPSA) is 73.0 Å². The van der Waals surface area contributed by atoms with Crippen molar-refractivity contribution >= 4 is 34.7 Å². The van der Waals surface area contributed by atoms with Crippen LogP contribution in [0.1, 0.15) is 26.5 Å². The molecule has 2 aromatic rings. The smallest absolute Gasteiger partial charge is 0.265 e. The normalized spacial score (nSPS) is 14.9. The van der Waals surface area contributed by atoms with E-state index in [-0.39, 0.29) is 17.7 Å². The van der Waals surface area contributed by atoms with E-state index in [1.165, 1.54) is 11.3 Å². The molecule has 1 aliphatic heterocycles. The summed E-state index contributed by atoms with van der Waals surface area (Å²) in [6.45, 7) is 3.13. The number of nitrogens with zero attached hydrogens (tertiary/aromatic N) is 3. The maximum absolute atomic E-state index is 12.9. The lowest BCUT2D eigenvalue weighted by molar-refractivity contribution is -0.129. The van der Waals surface area contributed by atoms with Gasteiger partial charge in [-0.25, -0.2) is 0 Å². The minimum Gasteiger partial charge on any atom is -0.348 e. The second-order valence-electron chi connectivity index (χ2n) is 7.22. The van der Waals surface area contributed by atoms with Crippen LogP contribution >= 0.6 is 11.3 Å². The van der Waals surface area contributed by atoms with Crippen molar-refractivity contribution in [3.05, 3.63) is 52.2 Å². The second kappa shape index (κ2) is 9.67. The van der Waals surface area contributed by atoms with Crippen molar-refractivity contribution in [3.8, 4) is 0 Å². The van der Waals surface area contributed by atoms with Crippen molar-refractivity contribution in [1.29, 1.82) is 0 Å². The van der Waals surface area contributed by atoms with Gasteiger partial charge in [-0.1, -0.05) is 6.07 Å². The minimum absolute atomic E-state index is 0.0260. The monoisotopic (exact) mass is 414 g/mol. The van der Waals surface area contributed by atoms with Gasteiger partial charge in [0.1, 0.15) is 0 Å². The van der Waals surface area contributed by atoms with Crippen molar-refractivity contribution in [3.63, 3.8) is 0 Å². The van der Waals surface area contributed by atoms with Crippen molar-refractivity contribution in [2.45, 2.75) is 6.42 Å². The Balaban J connectivity index is 1.56. The highest BCUT2D eigenvalue weighted by atomic mass is 32.1. The Morgan fingerprint density at radius 2 is 1.79 bits per heavy atom. The lowest BCUT2D eigenvalue weighted by atomic mass is 10.1. The van der Waals surface area contributed by atoms with Gasteiger partial charge < -0.3 is 15.1 Å². The van der Waals surface area contributed by atoms with E-state index in [1.807, 2.05) is 16.3 Å². The quantitative estimate of drug-likeness (QED) is 0.814. The van der Waals surface area contributed by atoms with Crippen LogP contribution in [0.15, 0.2) is 41.8 Å². The van der Waals surface area contributed by atoms with Crippen LogP contribution in [0.2, 0.25) is 0 Å². The van der Waals surface area contributed by atoms with E-state index in [2.05, 4.69) is 10.2 Å². The Morgan fingerprint density at radius 1 is 1.03 bits per heavy atom.